The lowest BCUT2D eigenvalue weighted by molar-refractivity contribution is 0.0598. The number of esters is 1. The number of nitrogens with zero attached hydrogens (tertiary/aromatic N) is 2. The number of anilines is 1. The van der Waals surface area contributed by atoms with Crippen molar-refractivity contribution in [1.29, 1.82) is 0 Å². The molecule has 0 saturated carbocycles. The molecule has 4 rings (SSSR count). The maximum absolute atomic E-state index is 13.1. The first kappa shape index (κ1) is 20.8. The number of fused-ring (bicyclic) bond motifs is 1. The Labute approximate surface area is 181 Å². The molecule has 0 spiro atoms. The van der Waals surface area contributed by atoms with Crippen LogP contribution in [0, 0.1) is 6.92 Å². The van der Waals surface area contributed by atoms with Crippen LogP contribution >= 0.6 is 0 Å². The highest BCUT2D eigenvalue weighted by molar-refractivity contribution is 5.95. The van der Waals surface area contributed by atoms with Gasteiger partial charge in [-0.3, -0.25) is 4.79 Å². The number of aryl methyl sites for hydroxylation is 1. The van der Waals surface area contributed by atoms with Crippen LogP contribution in [0.3, 0.4) is 0 Å². The van der Waals surface area contributed by atoms with Crippen molar-refractivity contribution in [3.05, 3.63) is 76.6 Å². The number of rotatable bonds is 6. The Morgan fingerprint density at radius 2 is 2.00 bits per heavy atom. The van der Waals surface area contributed by atoms with Crippen molar-refractivity contribution < 1.29 is 23.2 Å². The van der Waals surface area contributed by atoms with Gasteiger partial charge in [-0.15, -0.1) is 0 Å². The molecule has 7 nitrogen and oxygen atoms in total. The predicted octanol–water partition coefficient (Wildman–Crippen LogP) is 4.19. The molecule has 162 valence electrons. The molecular formula is C24H26N2O5. The fourth-order valence-electron chi connectivity index (χ4n) is 4.12. The Morgan fingerprint density at radius 1 is 1.23 bits per heavy atom. The van der Waals surface area contributed by atoms with Crippen molar-refractivity contribution in [3.63, 3.8) is 0 Å². The lowest BCUT2D eigenvalue weighted by atomic mass is 10.1. The van der Waals surface area contributed by atoms with Gasteiger partial charge >= 0.3 is 5.97 Å². The average molecular weight is 422 g/mol. The minimum atomic E-state index is -0.460. The Morgan fingerprint density at radius 3 is 2.77 bits per heavy atom. The molecule has 0 bridgehead atoms. The van der Waals surface area contributed by atoms with Gasteiger partial charge in [0.2, 0.25) is 0 Å². The lowest BCUT2D eigenvalue weighted by Crippen LogP contribution is -2.31. The Bertz CT molecular complexity index is 1110. The van der Waals surface area contributed by atoms with E-state index in [-0.39, 0.29) is 12.5 Å². The van der Waals surface area contributed by atoms with Crippen LogP contribution in [0.5, 0.6) is 0 Å². The van der Waals surface area contributed by atoms with E-state index in [1.165, 1.54) is 18.4 Å². The number of hydrogen-bond donors (Lipinski definition) is 0. The van der Waals surface area contributed by atoms with E-state index in [0.717, 1.165) is 6.42 Å². The van der Waals surface area contributed by atoms with Crippen molar-refractivity contribution in [2.24, 2.45) is 0 Å². The molecule has 1 aliphatic heterocycles. The first-order chi connectivity index (χ1) is 14.9. The summed E-state index contributed by atoms with van der Waals surface area (Å²) in [5.74, 6) is 0.983. The van der Waals surface area contributed by atoms with E-state index in [2.05, 4.69) is 24.0 Å². The van der Waals surface area contributed by atoms with Crippen molar-refractivity contribution >= 4 is 17.6 Å². The van der Waals surface area contributed by atoms with Gasteiger partial charge in [-0.1, -0.05) is 18.2 Å². The second-order valence-electron chi connectivity index (χ2n) is 7.90. The molecule has 0 N–H and O–H groups in total. The summed E-state index contributed by atoms with van der Waals surface area (Å²) < 4.78 is 16.1. The number of methoxy groups -OCH3 is 1. The van der Waals surface area contributed by atoms with Gasteiger partial charge in [0, 0.05) is 18.8 Å². The topological polar surface area (TPSA) is 76.1 Å². The number of benzene rings is 1. The number of ether oxygens (including phenoxy) is 1. The summed E-state index contributed by atoms with van der Waals surface area (Å²) >= 11 is 0. The summed E-state index contributed by atoms with van der Waals surface area (Å²) in [4.78, 5) is 28.7. The van der Waals surface area contributed by atoms with E-state index in [1.54, 1.807) is 37.3 Å². The molecule has 3 aromatic rings. The summed E-state index contributed by atoms with van der Waals surface area (Å²) in [6, 6.07) is 12.0. The van der Waals surface area contributed by atoms with Crippen molar-refractivity contribution in [3.8, 4) is 0 Å². The van der Waals surface area contributed by atoms with Gasteiger partial charge in [-0.05, 0) is 44.0 Å². The summed E-state index contributed by atoms with van der Waals surface area (Å²) in [6.07, 6.45) is 2.52. The molecule has 1 amide bonds. The number of amides is 1. The molecule has 3 heterocycles. The summed E-state index contributed by atoms with van der Waals surface area (Å²) in [5.41, 5.74) is 3.38. The zero-order valence-electron chi connectivity index (χ0n) is 18.2. The molecule has 1 aromatic carbocycles. The quantitative estimate of drug-likeness (QED) is 0.555. The van der Waals surface area contributed by atoms with Gasteiger partial charge in [-0.25, -0.2) is 4.79 Å². The summed E-state index contributed by atoms with van der Waals surface area (Å²) in [7, 11) is 3.02. The zero-order valence-corrected chi connectivity index (χ0v) is 18.2. The first-order valence-electron chi connectivity index (χ1n) is 10.2. The van der Waals surface area contributed by atoms with Crippen LogP contribution in [-0.2, 0) is 24.2 Å². The molecule has 7 heteroatoms. The number of para-hydroxylation sites is 1. The lowest BCUT2D eigenvalue weighted by Gasteiger charge is -2.24. The minimum Gasteiger partial charge on any atom is -0.467 e. The van der Waals surface area contributed by atoms with Crippen molar-refractivity contribution in [1.82, 2.24) is 4.90 Å². The third-order valence-corrected chi connectivity index (χ3v) is 5.75. The number of carbonyl (C=O) groups is 2. The SMILES string of the molecule is COC(=O)c1cc(CN(C)C(=O)c2ccoc2CN2c3ccccc3CC2C)oc1C. The fraction of sp³-hybridized carbons (Fsp3) is 0.333. The van der Waals surface area contributed by atoms with Crippen LogP contribution in [0.25, 0.3) is 0 Å². The molecule has 0 saturated heterocycles. The van der Waals surface area contributed by atoms with Gasteiger partial charge in [-0.2, -0.15) is 0 Å². The predicted molar refractivity (Wildman–Crippen MR) is 115 cm³/mol. The van der Waals surface area contributed by atoms with Crippen LogP contribution < -0.4 is 4.90 Å². The van der Waals surface area contributed by atoms with Gasteiger partial charge in [0.1, 0.15) is 22.8 Å². The second kappa shape index (κ2) is 8.34. The Hall–Kier alpha value is -3.48. The molecule has 1 unspecified atom stereocenters. The molecule has 31 heavy (non-hydrogen) atoms. The Kier molecular flexibility index (Phi) is 5.59. The fourth-order valence-corrected chi connectivity index (χ4v) is 4.12. The highest BCUT2D eigenvalue weighted by Gasteiger charge is 2.29. The highest BCUT2D eigenvalue weighted by Crippen LogP contribution is 2.33. The molecule has 0 radical (unpaired) electrons. The highest BCUT2D eigenvalue weighted by atomic mass is 16.5. The van der Waals surface area contributed by atoms with E-state index in [1.807, 2.05) is 12.1 Å². The smallest absolute Gasteiger partial charge is 0.341 e. The molecule has 2 aromatic heterocycles. The van der Waals surface area contributed by atoms with E-state index in [0.29, 0.717) is 41.0 Å². The normalized spacial score (nSPS) is 15.1. The van der Waals surface area contributed by atoms with E-state index in [4.69, 9.17) is 13.6 Å². The van der Waals surface area contributed by atoms with Gasteiger partial charge in [0.25, 0.3) is 5.91 Å². The monoisotopic (exact) mass is 422 g/mol. The molecule has 0 aliphatic carbocycles. The van der Waals surface area contributed by atoms with Crippen LogP contribution in [-0.4, -0.2) is 37.0 Å². The minimum absolute atomic E-state index is 0.169. The maximum Gasteiger partial charge on any atom is 0.341 e. The van der Waals surface area contributed by atoms with E-state index >= 15 is 0 Å². The van der Waals surface area contributed by atoms with E-state index < -0.39 is 5.97 Å². The third kappa shape index (κ3) is 3.95. The first-order valence-corrected chi connectivity index (χ1v) is 10.2. The standard InChI is InChI=1S/C24H26N2O5/c1-15-11-17-7-5-6-8-21(17)26(15)14-22-19(9-10-30-22)23(27)25(3)13-18-12-20(16(2)31-18)24(28)29-4/h5-10,12,15H,11,13-14H2,1-4H3. The van der Waals surface area contributed by atoms with E-state index in [9.17, 15) is 9.59 Å². The summed E-state index contributed by atoms with van der Waals surface area (Å²) in [5, 5.41) is 0. The number of furan rings is 2. The molecule has 1 aliphatic rings. The molecule has 0 fully saturated rings. The van der Waals surface area contributed by atoms with Crippen molar-refractivity contribution in [2.75, 3.05) is 19.1 Å². The zero-order chi connectivity index (χ0) is 22.1. The Balaban J connectivity index is 1.49. The maximum atomic E-state index is 13.1. The third-order valence-electron chi connectivity index (χ3n) is 5.75. The molecular weight excluding hydrogens is 396 g/mol. The van der Waals surface area contributed by atoms with Gasteiger partial charge in [0.15, 0.2) is 0 Å². The largest absolute Gasteiger partial charge is 0.467 e. The molecule has 1 atom stereocenters. The number of hydrogen-bond acceptors (Lipinski definition) is 6. The van der Waals surface area contributed by atoms with Gasteiger partial charge < -0.3 is 23.4 Å². The van der Waals surface area contributed by atoms with Crippen LogP contribution in [0.1, 0.15) is 50.5 Å². The van der Waals surface area contributed by atoms with Crippen LogP contribution in [0.4, 0.5) is 5.69 Å². The average Bonchev–Trinajstić information content (AvgIpc) is 3.45. The van der Waals surface area contributed by atoms with Crippen LogP contribution in [0.2, 0.25) is 0 Å². The number of carbonyl (C=O) groups excluding carboxylic acids is 2. The second-order valence-corrected chi connectivity index (χ2v) is 7.90. The van der Waals surface area contributed by atoms with Crippen LogP contribution in [0.15, 0.2) is 51.5 Å². The van der Waals surface area contributed by atoms with Crippen molar-refractivity contribution in [2.45, 2.75) is 39.4 Å². The summed E-state index contributed by atoms with van der Waals surface area (Å²) in [6.45, 7) is 4.62. The van der Waals surface area contributed by atoms with Gasteiger partial charge in [0.05, 0.1) is 32.0 Å².